The zero-order chi connectivity index (χ0) is 16.1. The summed E-state index contributed by atoms with van der Waals surface area (Å²) in [6.45, 7) is 5.79. The summed E-state index contributed by atoms with van der Waals surface area (Å²) in [4.78, 5) is 14.0. The number of imidazole rings is 1. The fourth-order valence-corrected chi connectivity index (χ4v) is 2.97. The van der Waals surface area contributed by atoms with Crippen LogP contribution in [0.15, 0.2) is 6.20 Å². The Morgan fingerprint density at radius 3 is 2.95 bits per heavy atom. The maximum absolute atomic E-state index is 10.7. The second kappa shape index (κ2) is 5.27. The van der Waals surface area contributed by atoms with Crippen LogP contribution in [0.25, 0.3) is 0 Å². The highest BCUT2D eigenvalue weighted by molar-refractivity contribution is 5.16. The van der Waals surface area contributed by atoms with E-state index in [1.54, 1.807) is 11.5 Å². The smallest absolute Gasteiger partial charge is 0.381 e. The maximum Gasteiger partial charge on any atom is 0.381 e. The molecule has 0 unspecified atom stereocenters. The number of aliphatic hydroxyl groups excluding tert-OH is 1. The quantitative estimate of drug-likeness (QED) is 0.632. The Kier molecular flexibility index (Phi) is 3.68. The minimum absolute atomic E-state index is 0.143. The van der Waals surface area contributed by atoms with Crippen LogP contribution >= 0.6 is 0 Å². The number of nitro groups is 1. The Hall–Kier alpha value is -1.55. The topological polar surface area (TPSA) is 109 Å². The number of hydrogen-bond donors (Lipinski definition) is 1. The Morgan fingerprint density at radius 2 is 2.32 bits per heavy atom. The summed E-state index contributed by atoms with van der Waals surface area (Å²) >= 11 is 0. The molecular weight excluding hydrogens is 294 g/mol. The van der Waals surface area contributed by atoms with Crippen LogP contribution in [0.2, 0.25) is 0 Å². The molecule has 0 aromatic carbocycles. The molecule has 9 heteroatoms. The number of rotatable bonds is 4. The molecule has 3 heterocycles. The van der Waals surface area contributed by atoms with Crippen molar-refractivity contribution in [3.8, 4) is 0 Å². The van der Waals surface area contributed by atoms with E-state index in [-0.39, 0.29) is 24.6 Å². The van der Waals surface area contributed by atoms with E-state index in [0.717, 1.165) is 0 Å². The molecule has 2 fully saturated rings. The van der Waals surface area contributed by atoms with Crippen LogP contribution in [0.4, 0.5) is 5.82 Å². The van der Waals surface area contributed by atoms with Gasteiger partial charge in [-0.3, -0.25) is 0 Å². The molecule has 1 aromatic rings. The molecule has 9 nitrogen and oxygen atoms in total. The molecule has 122 valence electrons. The van der Waals surface area contributed by atoms with Crippen LogP contribution in [0.5, 0.6) is 0 Å². The third-order valence-corrected chi connectivity index (χ3v) is 3.91. The SMILES string of the molecule is Cc1nc([N+](=O)[O-])cn1C[C@H](O)[C@H]1OC[C@H]2OC(C)(C)O[C@@H]12. The highest BCUT2D eigenvalue weighted by Crippen LogP contribution is 2.36. The van der Waals surface area contributed by atoms with Crippen molar-refractivity contribution in [2.75, 3.05) is 6.61 Å². The number of ether oxygens (including phenoxy) is 3. The molecule has 4 atom stereocenters. The van der Waals surface area contributed by atoms with Crippen LogP contribution < -0.4 is 0 Å². The predicted molar refractivity (Wildman–Crippen MR) is 73.2 cm³/mol. The number of nitrogens with zero attached hydrogens (tertiary/aromatic N) is 3. The Balaban J connectivity index is 1.70. The van der Waals surface area contributed by atoms with E-state index in [9.17, 15) is 15.2 Å². The van der Waals surface area contributed by atoms with Gasteiger partial charge in [-0.25, -0.2) is 0 Å². The van der Waals surface area contributed by atoms with Crippen LogP contribution in [0.1, 0.15) is 19.7 Å². The molecule has 2 saturated heterocycles. The predicted octanol–water partition coefficient (Wildman–Crippen LogP) is 0.380. The van der Waals surface area contributed by atoms with Crippen molar-refractivity contribution in [2.24, 2.45) is 0 Å². The second-order valence-electron chi connectivity index (χ2n) is 6.06. The first kappa shape index (κ1) is 15.3. The fraction of sp³-hybridized carbons (Fsp3) is 0.769. The molecule has 2 aliphatic rings. The molecule has 2 aliphatic heterocycles. The zero-order valence-corrected chi connectivity index (χ0v) is 12.6. The van der Waals surface area contributed by atoms with E-state index in [1.165, 1.54) is 6.20 Å². The highest BCUT2D eigenvalue weighted by atomic mass is 16.8. The second-order valence-corrected chi connectivity index (χ2v) is 6.06. The van der Waals surface area contributed by atoms with E-state index >= 15 is 0 Å². The largest absolute Gasteiger partial charge is 0.388 e. The van der Waals surface area contributed by atoms with Gasteiger partial charge in [0.15, 0.2) is 5.79 Å². The number of aryl methyl sites for hydroxylation is 1. The van der Waals surface area contributed by atoms with E-state index in [1.807, 2.05) is 13.8 Å². The van der Waals surface area contributed by atoms with E-state index < -0.39 is 22.9 Å². The molecule has 3 rings (SSSR count). The maximum atomic E-state index is 10.7. The van der Waals surface area contributed by atoms with E-state index in [4.69, 9.17) is 14.2 Å². The molecule has 1 aromatic heterocycles. The molecule has 22 heavy (non-hydrogen) atoms. The Morgan fingerprint density at radius 1 is 1.59 bits per heavy atom. The normalized spacial score (nSPS) is 31.2. The average Bonchev–Trinajstić information content (AvgIpc) is 3.02. The fourth-order valence-electron chi connectivity index (χ4n) is 2.97. The molecule has 0 spiro atoms. The van der Waals surface area contributed by atoms with Crippen molar-refractivity contribution in [3.63, 3.8) is 0 Å². The van der Waals surface area contributed by atoms with Crippen LogP contribution in [0.3, 0.4) is 0 Å². The molecule has 0 aliphatic carbocycles. The van der Waals surface area contributed by atoms with Gasteiger partial charge in [0.25, 0.3) is 0 Å². The van der Waals surface area contributed by atoms with Gasteiger partial charge in [-0.2, -0.15) is 0 Å². The van der Waals surface area contributed by atoms with Crippen LogP contribution in [-0.2, 0) is 20.8 Å². The first-order valence-corrected chi connectivity index (χ1v) is 7.10. The third-order valence-electron chi connectivity index (χ3n) is 3.91. The highest BCUT2D eigenvalue weighted by Gasteiger charge is 2.52. The number of aliphatic hydroxyl groups is 1. The molecule has 0 amide bonds. The first-order chi connectivity index (χ1) is 10.3. The Bertz CT molecular complexity index is 586. The lowest BCUT2D eigenvalue weighted by atomic mass is 10.1. The number of aromatic nitrogens is 2. The van der Waals surface area contributed by atoms with Gasteiger partial charge < -0.3 is 34.0 Å². The zero-order valence-electron chi connectivity index (χ0n) is 12.6. The van der Waals surface area contributed by atoms with E-state index in [0.29, 0.717) is 12.4 Å². The van der Waals surface area contributed by atoms with Gasteiger partial charge in [-0.05, 0) is 23.8 Å². The number of hydrogen-bond acceptors (Lipinski definition) is 7. The lowest BCUT2D eigenvalue weighted by molar-refractivity contribution is -0.389. The molecule has 0 radical (unpaired) electrons. The lowest BCUT2D eigenvalue weighted by Crippen LogP contribution is -2.40. The van der Waals surface area contributed by atoms with Crippen LogP contribution in [-0.4, -0.2) is 56.4 Å². The Labute approximate surface area is 126 Å². The van der Waals surface area contributed by atoms with Crippen molar-refractivity contribution in [3.05, 3.63) is 22.1 Å². The standard InChI is InChI=1S/C13H19N3O6/c1-7-14-10(16(18)19)5-15(7)4-8(17)11-12-9(6-20-11)21-13(2,3)22-12/h5,8-9,11-12,17H,4,6H2,1-3H3/t8-,9+,11+,12+/m0/s1. The average molecular weight is 313 g/mol. The summed E-state index contributed by atoms with van der Waals surface area (Å²) in [5, 5.41) is 21.1. The van der Waals surface area contributed by atoms with Gasteiger partial charge in [0.1, 0.15) is 30.6 Å². The van der Waals surface area contributed by atoms with Gasteiger partial charge in [0.05, 0.1) is 13.2 Å². The molecular formula is C13H19N3O6. The van der Waals surface area contributed by atoms with Crippen LogP contribution in [0, 0.1) is 17.0 Å². The van der Waals surface area contributed by atoms with Gasteiger partial charge in [0, 0.05) is 6.92 Å². The summed E-state index contributed by atoms with van der Waals surface area (Å²) in [6.07, 6.45) is -0.648. The molecule has 1 N–H and O–H groups in total. The van der Waals surface area contributed by atoms with Crippen molar-refractivity contribution in [2.45, 2.75) is 57.5 Å². The third kappa shape index (κ3) is 2.72. The van der Waals surface area contributed by atoms with Gasteiger partial charge in [0.2, 0.25) is 5.82 Å². The monoisotopic (exact) mass is 313 g/mol. The minimum atomic E-state index is -0.875. The summed E-state index contributed by atoms with van der Waals surface area (Å²) in [7, 11) is 0. The van der Waals surface area contributed by atoms with Gasteiger partial charge in [-0.15, -0.1) is 0 Å². The van der Waals surface area contributed by atoms with Crippen molar-refractivity contribution < 1.29 is 24.2 Å². The van der Waals surface area contributed by atoms with E-state index in [2.05, 4.69) is 4.98 Å². The molecule has 0 saturated carbocycles. The summed E-state index contributed by atoms with van der Waals surface area (Å²) in [6, 6.07) is 0. The van der Waals surface area contributed by atoms with Crippen molar-refractivity contribution in [1.82, 2.24) is 9.55 Å². The van der Waals surface area contributed by atoms with Crippen molar-refractivity contribution >= 4 is 5.82 Å². The summed E-state index contributed by atoms with van der Waals surface area (Å²) < 4.78 is 18.6. The number of fused-ring (bicyclic) bond motifs is 1. The minimum Gasteiger partial charge on any atom is -0.388 e. The lowest BCUT2D eigenvalue weighted by Gasteiger charge is -2.25. The molecule has 0 bridgehead atoms. The first-order valence-electron chi connectivity index (χ1n) is 7.10. The van der Waals surface area contributed by atoms with Crippen molar-refractivity contribution in [1.29, 1.82) is 0 Å². The van der Waals surface area contributed by atoms with Gasteiger partial charge in [-0.1, -0.05) is 0 Å². The summed E-state index contributed by atoms with van der Waals surface area (Å²) in [5.74, 6) is -0.471. The summed E-state index contributed by atoms with van der Waals surface area (Å²) in [5.41, 5.74) is 0. The van der Waals surface area contributed by atoms with Gasteiger partial charge >= 0.3 is 5.82 Å².